The number of hydrogen-bond donors (Lipinski definition) is 3. The van der Waals surface area contributed by atoms with Gasteiger partial charge in [0.15, 0.2) is 0 Å². The van der Waals surface area contributed by atoms with Crippen molar-refractivity contribution in [2.75, 3.05) is 24.2 Å². The monoisotopic (exact) mass is 266 g/mol. The van der Waals surface area contributed by atoms with Crippen molar-refractivity contribution in [2.24, 2.45) is 5.92 Å². The maximum atomic E-state index is 8.97. The van der Waals surface area contributed by atoms with E-state index >= 15 is 0 Å². The lowest BCUT2D eigenvalue weighted by Gasteiger charge is -2.14. The summed E-state index contributed by atoms with van der Waals surface area (Å²) in [4.78, 5) is 8.81. The molecule has 0 saturated heterocycles. The number of aromatic nitrogens is 2. The zero-order valence-electron chi connectivity index (χ0n) is 12.4. The van der Waals surface area contributed by atoms with Crippen LogP contribution in [0.4, 0.5) is 11.6 Å². The number of rotatable bonds is 7. The van der Waals surface area contributed by atoms with Crippen LogP contribution in [-0.2, 0) is 0 Å². The number of nitrogens with zero attached hydrogens (tertiary/aromatic N) is 2. The second-order valence-electron chi connectivity index (χ2n) is 5.45. The molecule has 0 spiro atoms. The Labute approximate surface area is 115 Å². The van der Waals surface area contributed by atoms with E-state index in [0.29, 0.717) is 11.7 Å². The number of aliphatic hydroxyl groups excluding tert-OH is 1. The first kappa shape index (κ1) is 15.7. The van der Waals surface area contributed by atoms with Crippen LogP contribution in [0.3, 0.4) is 0 Å². The highest BCUT2D eigenvalue weighted by Crippen LogP contribution is 2.21. The molecule has 19 heavy (non-hydrogen) atoms. The van der Waals surface area contributed by atoms with Gasteiger partial charge in [-0.05, 0) is 25.7 Å². The summed E-state index contributed by atoms with van der Waals surface area (Å²) in [6.45, 7) is 9.16. The number of anilines is 2. The van der Waals surface area contributed by atoms with Gasteiger partial charge in [-0.2, -0.15) is 0 Å². The van der Waals surface area contributed by atoms with Crippen LogP contribution >= 0.6 is 0 Å². The van der Waals surface area contributed by atoms with Crippen LogP contribution in [-0.4, -0.2) is 28.2 Å². The van der Waals surface area contributed by atoms with Gasteiger partial charge in [-0.25, -0.2) is 9.97 Å². The highest BCUT2D eigenvalue weighted by Gasteiger charge is 2.10. The molecule has 108 valence electrons. The number of aliphatic hydroxyl groups is 1. The van der Waals surface area contributed by atoms with Gasteiger partial charge in [-0.15, -0.1) is 0 Å². The van der Waals surface area contributed by atoms with Crippen molar-refractivity contribution >= 4 is 11.6 Å². The minimum absolute atomic E-state index is 0.247. The summed E-state index contributed by atoms with van der Waals surface area (Å²) >= 11 is 0. The molecule has 1 unspecified atom stereocenters. The summed E-state index contributed by atoms with van der Waals surface area (Å²) < 4.78 is 0. The van der Waals surface area contributed by atoms with Gasteiger partial charge in [0.25, 0.3) is 0 Å². The molecule has 0 saturated carbocycles. The van der Waals surface area contributed by atoms with Crippen LogP contribution in [0.1, 0.15) is 50.9 Å². The molecule has 1 aromatic heterocycles. The van der Waals surface area contributed by atoms with E-state index in [4.69, 9.17) is 10.8 Å². The Bertz CT molecular complexity index is 407. The number of nitrogen functional groups attached to an aromatic ring is 1. The van der Waals surface area contributed by atoms with Crippen molar-refractivity contribution in [3.05, 3.63) is 11.4 Å². The Morgan fingerprint density at radius 1 is 1.26 bits per heavy atom. The van der Waals surface area contributed by atoms with Crippen molar-refractivity contribution in [3.63, 3.8) is 0 Å². The standard InChI is InChI=1S/C14H26N4O/c1-9(2)13-17-12(15)11(4)14(18-13)16-7-5-6-10(3)8-19/h9-10,19H,5-8H2,1-4H3,(H3,15,16,17,18). The van der Waals surface area contributed by atoms with Crippen molar-refractivity contribution in [2.45, 2.75) is 46.5 Å². The summed E-state index contributed by atoms with van der Waals surface area (Å²) in [5, 5.41) is 12.3. The van der Waals surface area contributed by atoms with Gasteiger partial charge in [0.05, 0.1) is 0 Å². The zero-order valence-corrected chi connectivity index (χ0v) is 12.4. The van der Waals surface area contributed by atoms with Crippen LogP contribution < -0.4 is 11.1 Å². The molecule has 0 aliphatic carbocycles. The van der Waals surface area contributed by atoms with Gasteiger partial charge in [0, 0.05) is 24.6 Å². The van der Waals surface area contributed by atoms with Gasteiger partial charge >= 0.3 is 0 Å². The number of hydrogen-bond acceptors (Lipinski definition) is 5. The molecule has 0 amide bonds. The first-order chi connectivity index (χ1) is 8.95. The number of nitrogens with two attached hydrogens (primary N) is 1. The van der Waals surface area contributed by atoms with E-state index in [2.05, 4.69) is 29.1 Å². The quantitative estimate of drug-likeness (QED) is 0.660. The summed E-state index contributed by atoms with van der Waals surface area (Å²) in [5.74, 6) is 2.76. The molecule has 4 N–H and O–H groups in total. The van der Waals surface area contributed by atoms with E-state index in [0.717, 1.165) is 36.6 Å². The fourth-order valence-electron chi connectivity index (χ4n) is 1.73. The van der Waals surface area contributed by atoms with Gasteiger partial charge in [-0.3, -0.25) is 0 Å². The number of nitrogens with one attached hydrogen (secondary N) is 1. The van der Waals surface area contributed by atoms with E-state index < -0.39 is 0 Å². The average molecular weight is 266 g/mol. The molecular weight excluding hydrogens is 240 g/mol. The lowest BCUT2D eigenvalue weighted by Crippen LogP contribution is -2.12. The van der Waals surface area contributed by atoms with Crippen molar-refractivity contribution < 1.29 is 5.11 Å². The van der Waals surface area contributed by atoms with Gasteiger partial charge in [0.1, 0.15) is 17.5 Å². The second kappa shape index (κ2) is 7.28. The summed E-state index contributed by atoms with van der Waals surface area (Å²) in [5.41, 5.74) is 6.81. The largest absolute Gasteiger partial charge is 0.396 e. The van der Waals surface area contributed by atoms with Gasteiger partial charge < -0.3 is 16.2 Å². The first-order valence-corrected chi connectivity index (χ1v) is 6.94. The molecule has 0 aromatic carbocycles. The normalized spacial score (nSPS) is 12.7. The molecule has 5 nitrogen and oxygen atoms in total. The van der Waals surface area contributed by atoms with Crippen LogP contribution in [0.2, 0.25) is 0 Å². The molecule has 1 aromatic rings. The molecule has 1 heterocycles. The smallest absolute Gasteiger partial charge is 0.135 e. The lowest BCUT2D eigenvalue weighted by molar-refractivity contribution is 0.229. The Balaban J connectivity index is 2.62. The Hall–Kier alpha value is -1.36. The maximum Gasteiger partial charge on any atom is 0.135 e. The molecule has 5 heteroatoms. The molecule has 0 aliphatic rings. The Kier molecular flexibility index (Phi) is 6.02. The van der Waals surface area contributed by atoms with E-state index in [9.17, 15) is 0 Å². The SMILES string of the molecule is Cc1c(N)nc(C(C)C)nc1NCCCC(C)CO. The Morgan fingerprint density at radius 2 is 1.95 bits per heavy atom. The van der Waals surface area contributed by atoms with Crippen LogP contribution in [0, 0.1) is 12.8 Å². The third kappa shape index (κ3) is 4.67. The van der Waals surface area contributed by atoms with E-state index in [1.807, 2.05) is 13.8 Å². The molecule has 0 aliphatic heterocycles. The van der Waals surface area contributed by atoms with Crippen LogP contribution in [0.15, 0.2) is 0 Å². The summed E-state index contributed by atoms with van der Waals surface area (Å²) in [6.07, 6.45) is 2.00. The maximum absolute atomic E-state index is 8.97. The van der Waals surface area contributed by atoms with Crippen LogP contribution in [0.25, 0.3) is 0 Å². The van der Waals surface area contributed by atoms with Gasteiger partial charge in [-0.1, -0.05) is 20.8 Å². The third-order valence-electron chi connectivity index (χ3n) is 3.19. The molecule has 0 bridgehead atoms. The predicted octanol–water partition coefficient (Wildman–Crippen LogP) is 2.31. The highest BCUT2D eigenvalue weighted by atomic mass is 16.3. The van der Waals surface area contributed by atoms with E-state index in [1.54, 1.807) is 0 Å². The minimum Gasteiger partial charge on any atom is -0.396 e. The molecule has 0 fully saturated rings. The zero-order chi connectivity index (χ0) is 14.4. The highest BCUT2D eigenvalue weighted by molar-refractivity contribution is 5.54. The lowest BCUT2D eigenvalue weighted by atomic mass is 10.1. The first-order valence-electron chi connectivity index (χ1n) is 6.94. The second-order valence-corrected chi connectivity index (χ2v) is 5.45. The molecular formula is C14H26N4O. The van der Waals surface area contributed by atoms with Crippen molar-refractivity contribution in [1.82, 2.24) is 9.97 Å². The van der Waals surface area contributed by atoms with Gasteiger partial charge in [0.2, 0.25) is 0 Å². The van der Waals surface area contributed by atoms with E-state index in [1.165, 1.54) is 0 Å². The van der Waals surface area contributed by atoms with Crippen molar-refractivity contribution in [3.8, 4) is 0 Å². The summed E-state index contributed by atoms with van der Waals surface area (Å²) in [7, 11) is 0. The molecule has 1 atom stereocenters. The Morgan fingerprint density at radius 3 is 2.53 bits per heavy atom. The topological polar surface area (TPSA) is 84.1 Å². The third-order valence-corrected chi connectivity index (χ3v) is 3.19. The van der Waals surface area contributed by atoms with E-state index in [-0.39, 0.29) is 12.5 Å². The fourth-order valence-corrected chi connectivity index (χ4v) is 1.73. The summed E-state index contributed by atoms with van der Waals surface area (Å²) in [6, 6.07) is 0. The minimum atomic E-state index is 0.247. The van der Waals surface area contributed by atoms with Crippen molar-refractivity contribution in [1.29, 1.82) is 0 Å². The predicted molar refractivity (Wildman–Crippen MR) is 79.2 cm³/mol. The van der Waals surface area contributed by atoms with Crippen LogP contribution in [0.5, 0.6) is 0 Å². The molecule has 0 radical (unpaired) electrons. The average Bonchev–Trinajstić information content (AvgIpc) is 2.38. The fraction of sp³-hybridized carbons (Fsp3) is 0.714. The molecule has 1 rings (SSSR count).